The van der Waals surface area contributed by atoms with Crippen LogP contribution in [0.3, 0.4) is 0 Å². The number of benzene rings is 3. The van der Waals surface area contributed by atoms with E-state index in [0.717, 1.165) is 22.4 Å². The number of aromatic nitrogens is 4. The molecule has 0 spiro atoms. The molecule has 0 radical (unpaired) electrons. The number of fused-ring (bicyclic) bond motifs is 1. The third-order valence-corrected chi connectivity index (χ3v) is 5.78. The van der Waals surface area contributed by atoms with Crippen LogP contribution in [0.15, 0.2) is 86.9 Å². The van der Waals surface area contributed by atoms with Crippen LogP contribution in [-0.2, 0) is 13.1 Å². The van der Waals surface area contributed by atoms with Crippen molar-refractivity contribution in [1.82, 2.24) is 19.3 Å². The molecule has 0 unspecified atom stereocenters. The number of aryl methyl sites for hydroxylation is 1. The summed E-state index contributed by atoms with van der Waals surface area (Å²) in [5.74, 6) is 1.43. The van der Waals surface area contributed by atoms with Gasteiger partial charge in [0, 0.05) is 5.56 Å². The Labute approximate surface area is 201 Å². The van der Waals surface area contributed by atoms with Crippen LogP contribution in [0.2, 0.25) is 0 Å². The van der Waals surface area contributed by atoms with Gasteiger partial charge in [-0.1, -0.05) is 47.1 Å². The predicted octanol–water partition coefficient (Wildman–Crippen LogP) is 4.02. The summed E-state index contributed by atoms with van der Waals surface area (Å²) < 4.78 is 13.7. The topological polar surface area (TPSA) is 92.2 Å². The molecule has 0 aliphatic carbocycles. The first-order valence-corrected chi connectivity index (χ1v) is 11.4. The Morgan fingerprint density at radius 1 is 0.886 bits per heavy atom. The molecule has 2 aromatic heterocycles. The summed E-state index contributed by atoms with van der Waals surface area (Å²) in [6.45, 7) is 4.71. The van der Waals surface area contributed by atoms with Gasteiger partial charge in [0.1, 0.15) is 12.3 Å². The Morgan fingerprint density at radius 3 is 2.37 bits per heavy atom. The van der Waals surface area contributed by atoms with Gasteiger partial charge in [-0.25, -0.2) is 4.79 Å². The predicted molar refractivity (Wildman–Crippen MR) is 133 cm³/mol. The van der Waals surface area contributed by atoms with Gasteiger partial charge in [0.15, 0.2) is 0 Å². The maximum atomic E-state index is 13.5. The highest BCUT2D eigenvalue weighted by atomic mass is 16.5. The van der Waals surface area contributed by atoms with E-state index in [4.69, 9.17) is 9.26 Å². The first-order chi connectivity index (χ1) is 17.0. The second-order valence-electron chi connectivity index (χ2n) is 8.23. The third-order valence-electron chi connectivity index (χ3n) is 5.78. The van der Waals surface area contributed by atoms with Crippen molar-refractivity contribution in [1.29, 1.82) is 0 Å². The molecule has 0 bridgehead atoms. The van der Waals surface area contributed by atoms with Crippen molar-refractivity contribution < 1.29 is 9.26 Å². The highest BCUT2D eigenvalue weighted by Gasteiger charge is 2.17. The van der Waals surface area contributed by atoms with E-state index in [9.17, 15) is 9.59 Å². The minimum Gasteiger partial charge on any atom is -0.494 e. The molecule has 8 heteroatoms. The van der Waals surface area contributed by atoms with E-state index in [2.05, 4.69) is 10.1 Å². The van der Waals surface area contributed by atoms with Crippen LogP contribution in [0.5, 0.6) is 5.75 Å². The van der Waals surface area contributed by atoms with Crippen LogP contribution in [0, 0.1) is 6.92 Å². The third kappa shape index (κ3) is 4.50. The number of ether oxygens (including phenoxy) is 1. The summed E-state index contributed by atoms with van der Waals surface area (Å²) in [5, 5.41) is 4.52. The maximum Gasteiger partial charge on any atom is 0.332 e. The van der Waals surface area contributed by atoms with Gasteiger partial charge in [-0.05, 0) is 55.8 Å². The Morgan fingerprint density at radius 2 is 1.63 bits per heavy atom. The SMILES string of the molecule is CCOc1ccc(-c2noc(Cn3c(=O)n(Cc4ccc(C)cc4)c(=O)c4ccccc43)n2)cc1. The zero-order valence-corrected chi connectivity index (χ0v) is 19.5. The summed E-state index contributed by atoms with van der Waals surface area (Å²) in [5.41, 5.74) is 2.50. The lowest BCUT2D eigenvalue weighted by molar-refractivity contribution is 0.340. The smallest absolute Gasteiger partial charge is 0.332 e. The van der Waals surface area contributed by atoms with Gasteiger partial charge in [0.2, 0.25) is 11.7 Å². The molecule has 2 heterocycles. The van der Waals surface area contributed by atoms with Crippen LogP contribution in [0.4, 0.5) is 0 Å². The quantitative estimate of drug-likeness (QED) is 0.358. The minimum absolute atomic E-state index is 0.0392. The molecular formula is C27H24N4O4. The van der Waals surface area contributed by atoms with E-state index in [0.29, 0.717) is 23.3 Å². The van der Waals surface area contributed by atoms with Gasteiger partial charge >= 0.3 is 5.69 Å². The Bertz CT molecular complexity index is 1600. The summed E-state index contributed by atoms with van der Waals surface area (Å²) >= 11 is 0. The van der Waals surface area contributed by atoms with Crippen LogP contribution in [-0.4, -0.2) is 25.9 Å². The average Bonchev–Trinajstić information content (AvgIpc) is 3.35. The van der Waals surface area contributed by atoms with E-state index in [1.54, 1.807) is 24.3 Å². The molecule has 176 valence electrons. The van der Waals surface area contributed by atoms with E-state index < -0.39 is 5.69 Å². The zero-order valence-electron chi connectivity index (χ0n) is 19.5. The summed E-state index contributed by atoms with van der Waals surface area (Å²) in [7, 11) is 0. The first-order valence-electron chi connectivity index (χ1n) is 11.4. The molecule has 5 aromatic rings. The number of hydrogen-bond acceptors (Lipinski definition) is 6. The second-order valence-corrected chi connectivity index (χ2v) is 8.23. The monoisotopic (exact) mass is 468 g/mol. The van der Waals surface area contributed by atoms with Crippen LogP contribution >= 0.6 is 0 Å². The normalized spacial score (nSPS) is 11.1. The molecule has 0 amide bonds. The van der Waals surface area contributed by atoms with Crippen molar-refractivity contribution in [3.05, 3.63) is 111 Å². The second kappa shape index (κ2) is 9.42. The summed E-state index contributed by atoms with van der Waals surface area (Å²) in [6.07, 6.45) is 0. The average molecular weight is 469 g/mol. The summed E-state index contributed by atoms with van der Waals surface area (Å²) in [6, 6.07) is 22.2. The van der Waals surface area contributed by atoms with Crippen LogP contribution < -0.4 is 16.0 Å². The van der Waals surface area contributed by atoms with E-state index >= 15 is 0 Å². The van der Waals surface area contributed by atoms with Gasteiger partial charge in [0.25, 0.3) is 5.56 Å². The van der Waals surface area contributed by atoms with Crippen LogP contribution in [0.25, 0.3) is 22.3 Å². The van der Waals surface area contributed by atoms with Gasteiger partial charge < -0.3 is 9.26 Å². The van der Waals surface area contributed by atoms with Crippen molar-refractivity contribution in [2.24, 2.45) is 0 Å². The fraction of sp³-hybridized carbons (Fsp3) is 0.185. The molecular weight excluding hydrogens is 444 g/mol. The molecule has 0 aliphatic rings. The van der Waals surface area contributed by atoms with Crippen molar-refractivity contribution in [3.8, 4) is 17.1 Å². The maximum absolute atomic E-state index is 13.5. The fourth-order valence-corrected chi connectivity index (χ4v) is 3.98. The van der Waals surface area contributed by atoms with Crippen molar-refractivity contribution in [3.63, 3.8) is 0 Å². The number of para-hydroxylation sites is 1. The van der Waals surface area contributed by atoms with E-state index in [-0.39, 0.29) is 24.5 Å². The molecule has 3 aromatic carbocycles. The Kier molecular flexibility index (Phi) is 6.01. The largest absolute Gasteiger partial charge is 0.494 e. The van der Waals surface area contributed by atoms with E-state index in [1.165, 1.54) is 9.13 Å². The molecule has 0 atom stereocenters. The van der Waals surface area contributed by atoms with Crippen LogP contribution in [0.1, 0.15) is 23.9 Å². The first kappa shape index (κ1) is 22.3. The number of rotatable bonds is 7. The molecule has 8 nitrogen and oxygen atoms in total. The van der Waals surface area contributed by atoms with Gasteiger partial charge in [0.05, 0.1) is 24.1 Å². The van der Waals surface area contributed by atoms with Crippen molar-refractivity contribution in [2.45, 2.75) is 26.9 Å². The molecule has 5 rings (SSSR count). The molecule has 0 aliphatic heterocycles. The lowest BCUT2D eigenvalue weighted by atomic mass is 10.1. The fourth-order valence-electron chi connectivity index (χ4n) is 3.98. The zero-order chi connectivity index (χ0) is 24.4. The molecule has 35 heavy (non-hydrogen) atoms. The Hall–Kier alpha value is -4.46. The lowest BCUT2D eigenvalue weighted by Gasteiger charge is -2.13. The summed E-state index contributed by atoms with van der Waals surface area (Å²) in [4.78, 5) is 31.1. The number of hydrogen-bond donors (Lipinski definition) is 0. The van der Waals surface area contributed by atoms with Gasteiger partial charge in [-0.15, -0.1) is 0 Å². The minimum atomic E-state index is -0.435. The Balaban J connectivity index is 1.52. The molecule has 0 saturated heterocycles. The van der Waals surface area contributed by atoms with E-state index in [1.807, 2.05) is 62.4 Å². The van der Waals surface area contributed by atoms with Crippen molar-refractivity contribution >= 4 is 10.9 Å². The highest BCUT2D eigenvalue weighted by Crippen LogP contribution is 2.20. The van der Waals surface area contributed by atoms with Gasteiger partial charge in [-0.2, -0.15) is 4.98 Å². The number of nitrogens with zero attached hydrogens (tertiary/aromatic N) is 4. The molecule has 0 saturated carbocycles. The molecule has 0 fully saturated rings. The lowest BCUT2D eigenvalue weighted by Crippen LogP contribution is -2.40. The highest BCUT2D eigenvalue weighted by molar-refractivity contribution is 5.77. The van der Waals surface area contributed by atoms with Gasteiger partial charge in [-0.3, -0.25) is 13.9 Å². The molecule has 0 N–H and O–H groups in total. The standard InChI is InChI=1S/C27H24N4O4/c1-3-34-21-14-12-20(13-15-21)25-28-24(35-29-25)17-30-23-7-5-4-6-22(23)26(32)31(27(30)33)16-19-10-8-18(2)9-11-19/h4-15H,3,16-17H2,1-2H3. The van der Waals surface area contributed by atoms with Crippen molar-refractivity contribution in [2.75, 3.05) is 6.61 Å².